The van der Waals surface area contributed by atoms with Gasteiger partial charge in [0.1, 0.15) is 0 Å². The van der Waals surface area contributed by atoms with Gasteiger partial charge in [0.05, 0.1) is 6.04 Å². The number of hydrogen-bond donors (Lipinski definition) is 2. The van der Waals surface area contributed by atoms with Crippen LogP contribution >= 0.6 is 11.6 Å². The number of carbonyl (C=O) groups excluding carboxylic acids is 2. The summed E-state index contributed by atoms with van der Waals surface area (Å²) in [5.41, 5.74) is 3.04. The van der Waals surface area contributed by atoms with Gasteiger partial charge in [0.15, 0.2) is 0 Å². The van der Waals surface area contributed by atoms with Crippen molar-refractivity contribution in [2.75, 3.05) is 5.32 Å². The first-order chi connectivity index (χ1) is 14.1. The highest BCUT2D eigenvalue weighted by Gasteiger charge is 2.29. The normalized spacial score (nSPS) is 14.1. The van der Waals surface area contributed by atoms with Crippen molar-refractivity contribution in [1.82, 2.24) is 5.32 Å². The minimum Gasteiger partial charge on any atom is -0.341 e. The molecule has 4 rings (SSSR count). The van der Waals surface area contributed by atoms with Gasteiger partial charge in [-0.05, 0) is 54.3 Å². The molecule has 1 atom stereocenters. The molecular formula is C24H21ClN2O2. The van der Waals surface area contributed by atoms with E-state index in [0.717, 1.165) is 24.0 Å². The summed E-state index contributed by atoms with van der Waals surface area (Å²) in [4.78, 5) is 25.0. The second kappa shape index (κ2) is 8.50. The van der Waals surface area contributed by atoms with Gasteiger partial charge < -0.3 is 10.6 Å². The standard InChI is InChI=1S/C24H21ClN2O2/c25-20-13-11-17(12-14-20)22(16-5-2-1-3-6-16)27-24(29)19-7-4-8-21(15-19)26-23(28)18-9-10-18/h1-8,11-15,18,22H,9-10H2,(H,26,28)(H,27,29). The summed E-state index contributed by atoms with van der Waals surface area (Å²) in [7, 11) is 0. The van der Waals surface area contributed by atoms with E-state index in [0.29, 0.717) is 16.3 Å². The lowest BCUT2D eigenvalue weighted by Crippen LogP contribution is -2.29. The van der Waals surface area contributed by atoms with E-state index in [4.69, 9.17) is 11.6 Å². The predicted octanol–water partition coefficient (Wildman–Crippen LogP) is 5.21. The maximum absolute atomic E-state index is 13.0. The molecule has 2 N–H and O–H groups in total. The lowest BCUT2D eigenvalue weighted by atomic mass is 9.98. The van der Waals surface area contributed by atoms with Crippen LogP contribution in [0, 0.1) is 5.92 Å². The Kier molecular flexibility index (Phi) is 5.63. The van der Waals surface area contributed by atoms with E-state index in [9.17, 15) is 9.59 Å². The van der Waals surface area contributed by atoms with Crippen molar-refractivity contribution in [3.8, 4) is 0 Å². The van der Waals surface area contributed by atoms with Crippen molar-refractivity contribution in [3.63, 3.8) is 0 Å². The Labute approximate surface area is 174 Å². The molecule has 0 bridgehead atoms. The third kappa shape index (κ3) is 4.84. The lowest BCUT2D eigenvalue weighted by molar-refractivity contribution is -0.117. The van der Waals surface area contributed by atoms with Crippen LogP contribution in [0.1, 0.15) is 40.4 Å². The first-order valence-electron chi connectivity index (χ1n) is 9.62. The second-order valence-corrected chi connectivity index (χ2v) is 7.65. The zero-order valence-corrected chi connectivity index (χ0v) is 16.5. The van der Waals surface area contributed by atoms with Gasteiger partial charge in [0.25, 0.3) is 5.91 Å². The van der Waals surface area contributed by atoms with Crippen LogP contribution in [0.5, 0.6) is 0 Å². The molecular weight excluding hydrogens is 384 g/mol. The summed E-state index contributed by atoms with van der Waals surface area (Å²) in [6, 6.07) is 23.9. The van der Waals surface area contributed by atoms with E-state index in [1.807, 2.05) is 54.6 Å². The summed E-state index contributed by atoms with van der Waals surface area (Å²) < 4.78 is 0. The SMILES string of the molecule is O=C(NC(c1ccccc1)c1ccc(Cl)cc1)c1cccc(NC(=O)C2CC2)c1. The molecule has 1 aliphatic carbocycles. The van der Waals surface area contributed by atoms with Crippen LogP contribution in [-0.2, 0) is 4.79 Å². The highest BCUT2D eigenvalue weighted by Crippen LogP contribution is 2.30. The summed E-state index contributed by atoms with van der Waals surface area (Å²) in [6.07, 6.45) is 1.87. The molecule has 0 aliphatic heterocycles. The molecule has 0 spiro atoms. The predicted molar refractivity (Wildman–Crippen MR) is 115 cm³/mol. The quantitative estimate of drug-likeness (QED) is 0.592. The molecule has 1 unspecified atom stereocenters. The third-order valence-corrected chi connectivity index (χ3v) is 5.20. The second-order valence-electron chi connectivity index (χ2n) is 7.21. The molecule has 29 heavy (non-hydrogen) atoms. The maximum atomic E-state index is 13.0. The molecule has 3 aromatic carbocycles. The first kappa shape index (κ1) is 19.2. The number of benzene rings is 3. The Hall–Kier alpha value is -3.11. The van der Waals surface area contributed by atoms with Crippen molar-refractivity contribution < 1.29 is 9.59 Å². The Bertz CT molecular complexity index is 1010. The highest BCUT2D eigenvalue weighted by molar-refractivity contribution is 6.30. The number of anilines is 1. The Morgan fingerprint density at radius 1 is 0.862 bits per heavy atom. The minimum absolute atomic E-state index is 0.0193. The molecule has 0 radical (unpaired) electrons. The fraction of sp³-hybridized carbons (Fsp3) is 0.167. The van der Waals surface area contributed by atoms with Crippen molar-refractivity contribution in [2.45, 2.75) is 18.9 Å². The summed E-state index contributed by atoms with van der Waals surface area (Å²) >= 11 is 6.03. The van der Waals surface area contributed by atoms with Crippen molar-refractivity contribution >= 4 is 29.1 Å². The van der Waals surface area contributed by atoms with Crippen molar-refractivity contribution in [1.29, 1.82) is 0 Å². The van der Waals surface area contributed by atoms with Gasteiger partial charge in [-0.25, -0.2) is 0 Å². The summed E-state index contributed by atoms with van der Waals surface area (Å²) in [6.45, 7) is 0. The number of amides is 2. The first-order valence-corrected chi connectivity index (χ1v) is 10.00. The molecule has 0 aromatic heterocycles. The number of hydrogen-bond acceptors (Lipinski definition) is 2. The van der Waals surface area contributed by atoms with E-state index < -0.39 is 0 Å². The summed E-state index contributed by atoms with van der Waals surface area (Å²) in [5.74, 6) is -0.0814. The molecule has 0 heterocycles. The van der Waals surface area contributed by atoms with E-state index in [2.05, 4.69) is 10.6 Å². The molecule has 146 valence electrons. The topological polar surface area (TPSA) is 58.2 Å². The third-order valence-electron chi connectivity index (χ3n) is 4.95. The Morgan fingerprint density at radius 3 is 2.24 bits per heavy atom. The number of carbonyl (C=O) groups is 2. The fourth-order valence-electron chi connectivity index (χ4n) is 3.20. The molecule has 1 aliphatic rings. The highest BCUT2D eigenvalue weighted by atomic mass is 35.5. The van der Waals surface area contributed by atoms with E-state index in [1.165, 1.54) is 0 Å². The van der Waals surface area contributed by atoms with Crippen LogP contribution in [0.25, 0.3) is 0 Å². The molecule has 3 aromatic rings. The van der Waals surface area contributed by atoms with E-state index in [1.54, 1.807) is 24.3 Å². The largest absolute Gasteiger partial charge is 0.341 e. The summed E-state index contributed by atoms with van der Waals surface area (Å²) in [5, 5.41) is 6.64. The lowest BCUT2D eigenvalue weighted by Gasteiger charge is -2.20. The van der Waals surface area contributed by atoms with Crippen LogP contribution in [0.3, 0.4) is 0 Å². The van der Waals surface area contributed by atoms with Gasteiger partial charge >= 0.3 is 0 Å². The molecule has 2 amide bonds. The van der Waals surface area contributed by atoms with Gasteiger partial charge in [-0.1, -0.05) is 60.1 Å². The van der Waals surface area contributed by atoms with Gasteiger partial charge in [0, 0.05) is 22.2 Å². The zero-order valence-electron chi connectivity index (χ0n) is 15.8. The van der Waals surface area contributed by atoms with Crippen LogP contribution in [0.15, 0.2) is 78.9 Å². The van der Waals surface area contributed by atoms with E-state index in [-0.39, 0.29) is 23.8 Å². The van der Waals surface area contributed by atoms with Gasteiger partial charge in [-0.2, -0.15) is 0 Å². The van der Waals surface area contributed by atoms with E-state index >= 15 is 0 Å². The van der Waals surface area contributed by atoms with Gasteiger partial charge in [-0.3, -0.25) is 9.59 Å². The molecule has 0 saturated heterocycles. The average molecular weight is 405 g/mol. The zero-order chi connectivity index (χ0) is 20.2. The fourth-order valence-corrected chi connectivity index (χ4v) is 3.33. The van der Waals surface area contributed by atoms with Crippen LogP contribution < -0.4 is 10.6 Å². The van der Waals surface area contributed by atoms with Crippen molar-refractivity contribution in [2.24, 2.45) is 5.92 Å². The van der Waals surface area contributed by atoms with Gasteiger partial charge in [-0.15, -0.1) is 0 Å². The molecule has 1 fully saturated rings. The van der Waals surface area contributed by atoms with Crippen LogP contribution in [0.4, 0.5) is 5.69 Å². The average Bonchev–Trinajstić information content (AvgIpc) is 3.59. The van der Waals surface area contributed by atoms with Crippen molar-refractivity contribution in [3.05, 3.63) is 101 Å². The monoisotopic (exact) mass is 404 g/mol. The van der Waals surface area contributed by atoms with Crippen LogP contribution in [0.2, 0.25) is 5.02 Å². The Balaban J connectivity index is 1.56. The number of nitrogens with one attached hydrogen (secondary N) is 2. The number of rotatable bonds is 6. The molecule has 1 saturated carbocycles. The minimum atomic E-state index is -0.314. The number of halogens is 1. The van der Waals surface area contributed by atoms with Crippen LogP contribution in [-0.4, -0.2) is 11.8 Å². The Morgan fingerprint density at radius 2 is 1.55 bits per heavy atom. The molecule has 5 heteroatoms. The smallest absolute Gasteiger partial charge is 0.252 e. The van der Waals surface area contributed by atoms with Gasteiger partial charge in [0.2, 0.25) is 5.91 Å². The molecule has 4 nitrogen and oxygen atoms in total. The maximum Gasteiger partial charge on any atom is 0.252 e.